The van der Waals surface area contributed by atoms with Crippen molar-refractivity contribution >= 4 is 23.4 Å². The molecule has 0 radical (unpaired) electrons. The summed E-state index contributed by atoms with van der Waals surface area (Å²) in [4.78, 5) is 27.8. The van der Waals surface area contributed by atoms with Crippen molar-refractivity contribution in [1.29, 1.82) is 0 Å². The molecule has 0 spiro atoms. The normalized spacial score (nSPS) is 13.4. The lowest BCUT2D eigenvalue weighted by molar-refractivity contribution is -0.139. The first-order valence-electron chi connectivity index (χ1n) is 8.85. The van der Waals surface area contributed by atoms with Crippen LogP contribution >= 0.6 is 11.3 Å². The molecule has 0 saturated carbocycles. The molecule has 0 unspecified atom stereocenters. The Labute approximate surface area is 165 Å². The molecule has 2 aromatic carbocycles. The lowest BCUT2D eigenvalue weighted by Crippen LogP contribution is -2.43. The third-order valence-electron chi connectivity index (χ3n) is 4.83. The Hall–Kier alpha value is -3.19. The average molecular weight is 394 g/mol. The Balaban J connectivity index is 1.44. The van der Waals surface area contributed by atoms with Crippen LogP contribution in [0, 0.1) is 0 Å². The molecule has 2 N–H and O–H groups in total. The van der Waals surface area contributed by atoms with Crippen LogP contribution in [-0.2, 0) is 16.0 Å². The lowest BCUT2D eigenvalue weighted by Gasteiger charge is -2.17. The first-order valence-corrected chi connectivity index (χ1v) is 9.79. The molecule has 1 atom stereocenters. The molecule has 0 fully saturated rings. The highest BCUT2D eigenvalue weighted by molar-refractivity contribution is 7.07. The minimum Gasteiger partial charge on any atom is -0.480 e. The Morgan fingerprint density at radius 2 is 1.75 bits per heavy atom. The number of hydrogen-bond acceptors (Lipinski definition) is 5. The van der Waals surface area contributed by atoms with E-state index < -0.39 is 18.1 Å². The van der Waals surface area contributed by atoms with Gasteiger partial charge in [-0.1, -0.05) is 48.5 Å². The molecular weight excluding hydrogens is 376 g/mol. The molecule has 28 heavy (non-hydrogen) atoms. The second-order valence-electron chi connectivity index (χ2n) is 6.54. The minimum absolute atomic E-state index is 0.0695. The zero-order chi connectivity index (χ0) is 19.5. The predicted octanol–water partition coefficient (Wildman–Crippen LogP) is 3.68. The summed E-state index contributed by atoms with van der Waals surface area (Å²) in [6.45, 7) is 0.142. The summed E-state index contributed by atoms with van der Waals surface area (Å²) in [5.41, 5.74) is 6.73. The van der Waals surface area contributed by atoms with E-state index in [1.165, 1.54) is 11.3 Å². The summed E-state index contributed by atoms with van der Waals surface area (Å²) < 4.78 is 5.41. The van der Waals surface area contributed by atoms with Gasteiger partial charge in [-0.2, -0.15) is 0 Å². The van der Waals surface area contributed by atoms with Crippen molar-refractivity contribution in [3.63, 3.8) is 0 Å². The van der Waals surface area contributed by atoms with Crippen LogP contribution in [0.5, 0.6) is 0 Å². The molecule has 6 nitrogen and oxygen atoms in total. The molecule has 0 bridgehead atoms. The van der Waals surface area contributed by atoms with Gasteiger partial charge in [0, 0.05) is 17.7 Å². The molecule has 1 heterocycles. The fraction of sp³-hybridized carbons (Fsp3) is 0.190. The fourth-order valence-electron chi connectivity index (χ4n) is 3.53. The number of carbonyl (C=O) groups is 2. The number of amides is 1. The predicted molar refractivity (Wildman–Crippen MR) is 105 cm³/mol. The number of aliphatic carboxylic acids is 1. The van der Waals surface area contributed by atoms with Gasteiger partial charge in [-0.3, -0.25) is 0 Å². The number of rotatable bonds is 6. The van der Waals surface area contributed by atoms with E-state index in [1.54, 1.807) is 10.9 Å². The van der Waals surface area contributed by atoms with Gasteiger partial charge in [-0.25, -0.2) is 14.6 Å². The second kappa shape index (κ2) is 7.82. The number of benzene rings is 2. The quantitative estimate of drug-likeness (QED) is 0.666. The zero-order valence-electron chi connectivity index (χ0n) is 14.9. The van der Waals surface area contributed by atoms with Gasteiger partial charge in [-0.15, -0.1) is 11.3 Å². The summed E-state index contributed by atoms with van der Waals surface area (Å²) in [5, 5.41) is 13.6. The van der Waals surface area contributed by atoms with E-state index in [0.717, 1.165) is 22.3 Å². The van der Waals surface area contributed by atoms with Crippen LogP contribution in [0.15, 0.2) is 59.4 Å². The molecule has 3 aromatic rings. The van der Waals surface area contributed by atoms with Crippen molar-refractivity contribution < 1.29 is 19.4 Å². The highest BCUT2D eigenvalue weighted by atomic mass is 32.1. The van der Waals surface area contributed by atoms with Crippen molar-refractivity contribution in [3.05, 3.63) is 76.2 Å². The summed E-state index contributed by atoms with van der Waals surface area (Å²) in [6.07, 6.45) is -0.632. The van der Waals surface area contributed by atoms with Gasteiger partial charge in [-0.05, 0) is 22.3 Å². The van der Waals surface area contributed by atoms with Gasteiger partial charge in [0.1, 0.15) is 12.6 Å². The number of carboxylic acid groups (broad SMARTS) is 1. The Morgan fingerprint density at radius 1 is 1.11 bits per heavy atom. The topological polar surface area (TPSA) is 88.5 Å². The largest absolute Gasteiger partial charge is 0.480 e. The molecule has 0 aliphatic heterocycles. The highest BCUT2D eigenvalue weighted by Gasteiger charge is 2.29. The Kier molecular flexibility index (Phi) is 5.08. The third kappa shape index (κ3) is 3.61. The van der Waals surface area contributed by atoms with Crippen LogP contribution in [0.2, 0.25) is 0 Å². The maximum Gasteiger partial charge on any atom is 0.407 e. The van der Waals surface area contributed by atoms with Crippen LogP contribution in [-0.4, -0.2) is 34.8 Å². The van der Waals surface area contributed by atoms with E-state index in [0.29, 0.717) is 5.69 Å². The molecule has 0 saturated heterocycles. The molecule has 7 heteroatoms. The number of ether oxygens (including phenoxy) is 1. The maximum absolute atomic E-state index is 12.3. The second-order valence-corrected chi connectivity index (χ2v) is 7.26. The zero-order valence-corrected chi connectivity index (χ0v) is 15.7. The van der Waals surface area contributed by atoms with Gasteiger partial charge in [0.25, 0.3) is 0 Å². The van der Waals surface area contributed by atoms with E-state index in [4.69, 9.17) is 4.74 Å². The SMILES string of the molecule is O=C(N[C@@H](Cc1cscn1)C(=O)O)OCC1c2ccccc2-c2ccccc21. The van der Waals surface area contributed by atoms with Crippen molar-refractivity contribution in [2.45, 2.75) is 18.4 Å². The molecule has 142 valence electrons. The number of fused-ring (bicyclic) bond motifs is 3. The Morgan fingerprint density at radius 3 is 2.32 bits per heavy atom. The maximum atomic E-state index is 12.3. The molecule has 1 amide bonds. The number of nitrogens with zero attached hydrogens (tertiary/aromatic N) is 1. The van der Waals surface area contributed by atoms with E-state index in [9.17, 15) is 14.7 Å². The van der Waals surface area contributed by atoms with Crippen molar-refractivity contribution in [2.24, 2.45) is 0 Å². The molecule has 1 aliphatic rings. The van der Waals surface area contributed by atoms with Gasteiger partial charge in [0.2, 0.25) is 0 Å². The monoisotopic (exact) mass is 394 g/mol. The molecule has 1 aromatic heterocycles. The number of alkyl carbamates (subject to hydrolysis) is 1. The number of nitrogens with one attached hydrogen (secondary N) is 1. The molecular formula is C21H18N2O4S. The van der Waals surface area contributed by atoms with Crippen LogP contribution in [0.1, 0.15) is 22.7 Å². The van der Waals surface area contributed by atoms with Gasteiger partial charge in [0.15, 0.2) is 0 Å². The molecule has 4 rings (SSSR count). The summed E-state index contributed by atoms with van der Waals surface area (Å²) in [6, 6.07) is 15.0. The number of carbonyl (C=O) groups excluding carboxylic acids is 1. The third-order valence-corrected chi connectivity index (χ3v) is 5.47. The van der Waals surface area contributed by atoms with Gasteiger partial charge < -0.3 is 15.2 Å². The van der Waals surface area contributed by atoms with Crippen LogP contribution in [0.25, 0.3) is 11.1 Å². The lowest BCUT2D eigenvalue weighted by atomic mass is 9.98. The number of aromatic nitrogens is 1. The van der Waals surface area contributed by atoms with Crippen LogP contribution in [0.3, 0.4) is 0 Å². The van der Waals surface area contributed by atoms with Gasteiger partial charge in [0.05, 0.1) is 11.2 Å². The summed E-state index contributed by atoms with van der Waals surface area (Å²) in [5.74, 6) is -1.19. The number of thiazole rings is 1. The molecule has 1 aliphatic carbocycles. The first-order chi connectivity index (χ1) is 13.6. The van der Waals surface area contributed by atoms with Crippen LogP contribution < -0.4 is 5.32 Å². The van der Waals surface area contributed by atoms with E-state index in [2.05, 4.69) is 22.4 Å². The highest BCUT2D eigenvalue weighted by Crippen LogP contribution is 2.44. The standard InChI is InChI=1S/C21H18N2O4S/c24-20(25)19(9-13-11-28-12-22-13)23-21(26)27-10-18-16-7-3-1-5-14(16)15-6-2-4-8-17(15)18/h1-8,11-12,18-19H,9-10H2,(H,23,26)(H,24,25)/t19-/m0/s1. The number of carboxylic acids is 1. The summed E-state index contributed by atoms with van der Waals surface area (Å²) >= 11 is 1.38. The van der Waals surface area contributed by atoms with Crippen molar-refractivity contribution in [3.8, 4) is 11.1 Å². The minimum atomic E-state index is -1.12. The van der Waals surface area contributed by atoms with E-state index in [-0.39, 0.29) is 18.9 Å². The first kappa shape index (κ1) is 18.2. The van der Waals surface area contributed by atoms with Crippen molar-refractivity contribution in [2.75, 3.05) is 6.61 Å². The van der Waals surface area contributed by atoms with E-state index in [1.807, 2.05) is 36.4 Å². The van der Waals surface area contributed by atoms with Crippen LogP contribution in [0.4, 0.5) is 4.79 Å². The van der Waals surface area contributed by atoms with E-state index >= 15 is 0 Å². The average Bonchev–Trinajstić information content (AvgIpc) is 3.32. The smallest absolute Gasteiger partial charge is 0.407 e. The van der Waals surface area contributed by atoms with Gasteiger partial charge >= 0.3 is 12.1 Å². The fourth-order valence-corrected chi connectivity index (χ4v) is 4.10. The van der Waals surface area contributed by atoms with Crippen molar-refractivity contribution in [1.82, 2.24) is 10.3 Å². The number of hydrogen-bond donors (Lipinski definition) is 2. The Bertz CT molecular complexity index is 958. The summed E-state index contributed by atoms with van der Waals surface area (Å²) in [7, 11) is 0.